The zero-order valence-electron chi connectivity index (χ0n) is 23.7. The number of rotatable bonds is 4. The van der Waals surface area contributed by atoms with Crippen LogP contribution in [0.2, 0.25) is 0 Å². The van der Waals surface area contributed by atoms with E-state index in [4.69, 9.17) is 15.1 Å². The zero-order valence-corrected chi connectivity index (χ0v) is 23.7. The standard InChI is InChI=1S/C38H30N4O/c1-2-28(34-31-14-8-9-15-32(31)43-35(34)39)38-41-36(25-11-4-3-5-12-25)40-37(42-38)27-20-21-30-26(22-27)19-18-24-17-16-23-10-6-7-13-29(23)33(24)30/h2-22,36-37,40H,39H2,1H3,(H,41,42)/b28-2+. The van der Waals surface area contributed by atoms with Crippen LogP contribution in [-0.2, 0) is 0 Å². The van der Waals surface area contributed by atoms with Gasteiger partial charge >= 0.3 is 0 Å². The second-order valence-corrected chi connectivity index (χ2v) is 11.0. The molecule has 7 aromatic rings. The molecular formula is C38H30N4O. The number of aliphatic imine (C=N–C) groups is 1. The van der Waals surface area contributed by atoms with E-state index in [0.717, 1.165) is 39.1 Å². The molecule has 0 aliphatic carbocycles. The Morgan fingerprint density at radius 1 is 0.721 bits per heavy atom. The highest BCUT2D eigenvalue weighted by atomic mass is 16.3. The lowest BCUT2D eigenvalue weighted by atomic mass is 9.95. The second kappa shape index (κ2) is 10.2. The summed E-state index contributed by atoms with van der Waals surface area (Å²) in [5.41, 5.74) is 11.2. The van der Waals surface area contributed by atoms with Gasteiger partial charge in [-0.05, 0) is 62.5 Å². The van der Waals surface area contributed by atoms with Gasteiger partial charge in [-0.25, -0.2) is 4.99 Å². The Balaban J connectivity index is 1.28. The Kier molecular flexibility index (Phi) is 5.98. The lowest BCUT2D eigenvalue weighted by molar-refractivity contribution is 0.410. The van der Waals surface area contributed by atoms with E-state index in [0.29, 0.717) is 5.88 Å². The van der Waals surface area contributed by atoms with Gasteiger partial charge in [0, 0.05) is 11.0 Å². The molecule has 0 radical (unpaired) electrons. The highest BCUT2D eigenvalue weighted by molar-refractivity contribution is 6.27. The summed E-state index contributed by atoms with van der Waals surface area (Å²) in [7, 11) is 0. The van der Waals surface area contributed by atoms with Gasteiger partial charge in [0.15, 0.2) is 5.88 Å². The molecule has 1 aromatic heterocycles. The Morgan fingerprint density at radius 3 is 2.26 bits per heavy atom. The SMILES string of the molecule is C/C=C(/C1=NC(c2ccc3c(ccc4ccc5ccccc5c43)c2)NC(c2ccccc2)N1)c1c(N)oc2ccccc12. The maximum Gasteiger partial charge on any atom is 0.199 e. The van der Waals surface area contributed by atoms with Crippen LogP contribution in [0.4, 0.5) is 5.88 Å². The van der Waals surface area contributed by atoms with Crippen molar-refractivity contribution in [2.75, 3.05) is 5.73 Å². The van der Waals surface area contributed by atoms with E-state index < -0.39 is 0 Å². The van der Waals surface area contributed by atoms with Gasteiger partial charge in [0.2, 0.25) is 0 Å². The van der Waals surface area contributed by atoms with Gasteiger partial charge in [-0.2, -0.15) is 0 Å². The van der Waals surface area contributed by atoms with Crippen molar-refractivity contribution >= 4 is 60.6 Å². The van der Waals surface area contributed by atoms with Crippen LogP contribution in [0.5, 0.6) is 0 Å². The van der Waals surface area contributed by atoms with Crippen molar-refractivity contribution in [3.05, 3.63) is 144 Å². The van der Waals surface area contributed by atoms with E-state index in [-0.39, 0.29) is 12.3 Å². The zero-order chi connectivity index (χ0) is 28.9. The molecule has 2 unspecified atom stereocenters. The summed E-state index contributed by atoms with van der Waals surface area (Å²) in [4.78, 5) is 5.25. The predicted molar refractivity (Wildman–Crippen MR) is 179 cm³/mol. The maximum atomic E-state index is 6.47. The summed E-state index contributed by atoms with van der Waals surface area (Å²) in [6.07, 6.45) is 1.61. The van der Waals surface area contributed by atoms with Crippen molar-refractivity contribution in [3.8, 4) is 0 Å². The first-order valence-electron chi connectivity index (χ1n) is 14.6. The topological polar surface area (TPSA) is 75.6 Å². The fourth-order valence-electron chi connectivity index (χ4n) is 6.45. The van der Waals surface area contributed by atoms with Gasteiger partial charge in [0.1, 0.15) is 23.8 Å². The number of benzene rings is 6. The Morgan fingerprint density at radius 2 is 1.42 bits per heavy atom. The predicted octanol–water partition coefficient (Wildman–Crippen LogP) is 8.87. The average molecular weight is 559 g/mol. The number of para-hydroxylation sites is 1. The highest BCUT2D eigenvalue weighted by Gasteiger charge is 2.29. The second-order valence-electron chi connectivity index (χ2n) is 11.0. The van der Waals surface area contributed by atoms with Crippen molar-refractivity contribution in [2.24, 2.45) is 4.99 Å². The molecule has 208 valence electrons. The monoisotopic (exact) mass is 558 g/mol. The molecule has 0 saturated heterocycles. The van der Waals surface area contributed by atoms with E-state index in [2.05, 4.69) is 108 Å². The fraction of sp³-hybridized carbons (Fsp3) is 0.0789. The van der Waals surface area contributed by atoms with E-state index in [1.807, 2.05) is 37.3 Å². The lowest BCUT2D eigenvalue weighted by Crippen LogP contribution is -2.45. The summed E-state index contributed by atoms with van der Waals surface area (Å²) in [5.74, 6) is 1.15. The van der Waals surface area contributed by atoms with Crippen LogP contribution in [0.25, 0.3) is 48.9 Å². The number of hydrogen-bond donors (Lipinski definition) is 3. The molecule has 43 heavy (non-hydrogen) atoms. The average Bonchev–Trinajstić information content (AvgIpc) is 3.40. The number of amidine groups is 1. The molecule has 1 aliphatic rings. The minimum atomic E-state index is -0.289. The number of fused-ring (bicyclic) bond motifs is 6. The van der Waals surface area contributed by atoms with Crippen molar-refractivity contribution in [3.63, 3.8) is 0 Å². The van der Waals surface area contributed by atoms with E-state index in [1.54, 1.807) is 0 Å². The summed E-state index contributed by atoms with van der Waals surface area (Å²) in [5, 5.41) is 15.8. The molecule has 0 amide bonds. The molecule has 8 rings (SSSR count). The minimum Gasteiger partial charge on any atom is -0.440 e. The third kappa shape index (κ3) is 4.25. The molecule has 0 bridgehead atoms. The van der Waals surface area contributed by atoms with Crippen LogP contribution < -0.4 is 16.4 Å². The van der Waals surface area contributed by atoms with Crippen LogP contribution in [0.1, 0.15) is 35.9 Å². The van der Waals surface area contributed by atoms with E-state index in [9.17, 15) is 0 Å². The summed E-state index contributed by atoms with van der Waals surface area (Å²) < 4.78 is 5.95. The fourth-order valence-corrected chi connectivity index (χ4v) is 6.45. The van der Waals surface area contributed by atoms with Crippen molar-refractivity contribution in [1.29, 1.82) is 0 Å². The van der Waals surface area contributed by atoms with Crippen LogP contribution in [-0.4, -0.2) is 5.84 Å². The minimum absolute atomic E-state index is 0.163. The van der Waals surface area contributed by atoms with E-state index in [1.165, 1.54) is 32.3 Å². The van der Waals surface area contributed by atoms with Crippen LogP contribution in [0.3, 0.4) is 0 Å². The van der Waals surface area contributed by atoms with Crippen molar-refractivity contribution in [2.45, 2.75) is 19.3 Å². The molecule has 1 aliphatic heterocycles. The number of nitrogens with zero attached hydrogens (tertiary/aromatic N) is 1. The van der Waals surface area contributed by atoms with Crippen LogP contribution in [0, 0.1) is 0 Å². The molecule has 2 heterocycles. The first-order chi connectivity index (χ1) is 21.2. The van der Waals surface area contributed by atoms with Gasteiger partial charge < -0.3 is 15.5 Å². The van der Waals surface area contributed by atoms with Crippen molar-refractivity contribution in [1.82, 2.24) is 10.6 Å². The number of nitrogens with two attached hydrogens (primary N) is 1. The number of nitrogens with one attached hydrogen (secondary N) is 2. The number of hydrogen-bond acceptors (Lipinski definition) is 5. The summed E-state index contributed by atoms with van der Waals surface area (Å²) >= 11 is 0. The Bertz CT molecular complexity index is 2230. The number of nitrogen functional groups attached to an aromatic ring is 1. The molecule has 5 heteroatoms. The van der Waals surface area contributed by atoms with Gasteiger partial charge in [-0.1, -0.05) is 115 Å². The van der Waals surface area contributed by atoms with Crippen molar-refractivity contribution < 1.29 is 4.42 Å². The van der Waals surface area contributed by atoms with Crippen LogP contribution >= 0.6 is 0 Å². The number of allylic oxidation sites excluding steroid dienone is 1. The lowest BCUT2D eigenvalue weighted by Gasteiger charge is -2.33. The van der Waals surface area contributed by atoms with E-state index >= 15 is 0 Å². The Hall–Kier alpha value is -5.39. The largest absolute Gasteiger partial charge is 0.440 e. The molecule has 2 atom stereocenters. The number of furan rings is 1. The highest BCUT2D eigenvalue weighted by Crippen LogP contribution is 2.37. The smallest absolute Gasteiger partial charge is 0.199 e. The first kappa shape index (κ1) is 25.3. The molecule has 4 N–H and O–H groups in total. The molecule has 5 nitrogen and oxygen atoms in total. The molecule has 0 spiro atoms. The molecular weight excluding hydrogens is 528 g/mol. The Labute approximate surface area is 249 Å². The third-order valence-corrected chi connectivity index (χ3v) is 8.50. The molecule has 6 aromatic carbocycles. The van der Waals surface area contributed by atoms with Gasteiger partial charge in [0.25, 0.3) is 0 Å². The summed E-state index contributed by atoms with van der Waals surface area (Å²) in [6.45, 7) is 2.01. The van der Waals surface area contributed by atoms with Gasteiger partial charge in [-0.3, -0.25) is 5.32 Å². The molecule has 0 saturated carbocycles. The quantitative estimate of drug-likeness (QED) is 0.189. The number of anilines is 1. The summed E-state index contributed by atoms with van der Waals surface area (Å²) in [6, 6.07) is 42.5. The normalized spacial score (nSPS) is 17.4. The third-order valence-electron chi connectivity index (χ3n) is 8.50. The van der Waals surface area contributed by atoms with Crippen LogP contribution in [0.15, 0.2) is 137 Å². The maximum absolute atomic E-state index is 6.47. The molecule has 0 fully saturated rings. The van der Waals surface area contributed by atoms with Gasteiger partial charge in [0.05, 0.1) is 5.56 Å². The first-order valence-corrected chi connectivity index (χ1v) is 14.6. The van der Waals surface area contributed by atoms with Gasteiger partial charge in [-0.15, -0.1) is 0 Å².